The Bertz CT molecular complexity index is 804. The smallest absolute Gasteiger partial charge is 0.264 e. The zero-order chi connectivity index (χ0) is 15.5. The highest BCUT2D eigenvalue weighted by atomic mass is 79.9. The second-order valence-electron chi connectivity index (χ2n) is 4.49. The molecule has 0 spiro atoms. The fourth-order valence-corrected chi connectivity index (χ4v) is 3.09. The predicted octanol–water partition coefficient (Wildman–Crippen LogP) is 4.48. The quantitative estimate of drug-likeness (QED) is 0.785. The molecule has 0 radical (unpaired) electrons. The number of nitrogens with zero attached hydrogens (tertiary/aromatic N) is 1. The molecule has 0 aliphatic carbocycles. The lowest BCUT2D eigenvalue weighted by Gasteiger charge is -1.98. The summed E-state index contributed by atoms with van der Waals surface area (Å²) in [6.45, 7) is 0. The molecule has 1 N–H and O–H groups in total. The van der Waals surface area contributed by atoms with Crippen LogP contribution in [0.1, 0.15) is 5.56 Å². The highest BCUT2D eigenvalue weighted by molar-refractivity contribution is 9.10. The van der Waals surface area contributed by atoms with E-state index in [1.165, 1.54) is 23.9 Å². The Balaban J connectivity index is 1.86. The third-order valence-corrected chi connectivity index (χ3v) is 4.45. The third-order valence-electron chi connectivity index (χ3n) is 2.87. The van der Waals surface area contributed by atoms with Crippen LogP contribution in [0.25, 0.3) is 6.08 Å². The SMILES string of the molecule is O=C1NC(=Nc2ccccc2Br)SC1=Cc1cccc(F)c1. The Morgan fingerprint density at radius 2 is 2.00 bits per heavy atom. The molecule has 1 aliphatic heterocycles. The van der Waals surface area contributed by atoms with Gasteiger partial charge in [-0.15, -0.1) is 0 Å². The summed E-state index contributed by atoms with van der Waals surface area (Å²) in [4.78, 5) is 16.8. The molecule has 0 aromatic heterocycles. The molecule has 0 saturated carbocycles. The second kappa shape index (κ2) is 6.46. The number of carbonyl (C=O) groups excluding carboxylic acids is 1. The lowest BCUT2D eigenvalue weighted by atomic mass is 10.2. The number of nitrogens with one attached hydrogen (secondary N) is 1. The largest absolute Gasteiger partial charge is 0.300 e. The first-order valence-corrected chi connectivity index (χ1v) is 8.02. The van der Waals surface area contributed by atoms with Crippen molar-refractivity contribution < 1.29 is 9.18 Å². The molecule has 2 aromatic carbocycles. The van der Waals surface area contributed by atoms with Crippen LogP contribution in [0.5, 0.6) is 0 Å². The molecule has 1 amide bonds. The fourth-order valence-electron chi connectivity index (χ4n) is 1.88. The van der Waals surface area contributed by atoms with Crippen LogP contribution in [0, 0.1) is 5.82 Å². The van der Waals surface area contributed by atoms with Gasteiger partial charge < -0.3 is 5.32 Å². The number of aliphatic imine (C=N–C) groups is 1. The lowest BCUT2D eigenvalue weighted by Crippen LogP contribution is -2.19. The molecule has 3 rings (SSSR count). The van der Waals surface area contributed by atoms with Crippen molar-refractivity contribution in [3.05, 3.63) is 69.3 Å². The normalized spacial score (nSPS) is 18.0. The van der Waals surface area contributed by atoms with Gasteiger partial charge in [-0.2, -0.15) is 0 Å². The molecule has 110 valence electrons. The number of hydrogen-bond acceptors (Lipinski definition) is 3. The average Bonchev–Trinajstić information content (AvgIpc) is 2.81. The van der Waals surface area contributed by atoms with Gasteiger partial charge in [0, 0.05) is 4.47 Å². The van der Waals surface area contributed by atoms with Crippen molar-refractivity contribution in [3.8, 4) is 0 Å². The van der Waals surface area contributed by atoms with Gasteiger partial charge in [0.2, 0.25) is 0 Å². The van der Waals surface area contributed by atoms with Crippen LogP contribution >= 0.6 is 27.7 Å². The Hall–Kier alpha value is -1.92. The Labute approximate surface area is 139 Å². The number of benzene rings is 2. The van der Waals surface area contributed by atoms with E-state index in [1.807, 2.05) is 24.3 Å². The van der Waals surface area contributed by atoms with Crippen molar-refractivity contribution in [2.24, 2.45) is 4.99 Å². The summed E-state index contributed by atoms with van der Waals surface area (Å²) < 4.78 is 14.0. The monoisotopic (exact) mass is 376 g/mol. The highest BCUT2D eigenvalue weighted by Crippen LogP contribution is 2.30. The van der Waals surface area contributed by atoms with Crippen molar-refractivity contribution >= 4 is 50.5 Å². The predicted molar refractivity (Wildman–Crippen MR) is 91.3 cm³/mol. The number of halogens is 2. The van der Waals surface area contributed by atoms with Crippen LogP contribution in [0.2, 0.25) is 0 Å². The molecule has 1 aliphatic rings. The maximum absolute atomic E-state index is 13.2. The Kier molecular flexibility index (Phi) is 4.40. The number of para-hydroxylation sites is 1. The van der Waals surface area contributed by atoms with E-state index in [0.717, 1.165) is 10.2 Å². The van der Waals surface area contributed by atoms with Crippen molar-refractivity contribution in [1.29, 1.82) is 0 Å². The van der Waals surface area contributed by atoms with E-state index in [9.17, 15) is 9.18 Å². The van der Waals surface area contributed by atoms with Crippen molar-refractivity contribution in [1.82, 2.24) is 5.32 Å². The standard InChI is InChI=1S/C16H10BrFN2OS/c17-12-6-1-2-7-13(12)19-16-20-15(21)14(22-16)9-10-4-3-5-11(18)8-10/h1-9H,(H,19,20,21). The van der Waals surface area contributed by atoms with Crippen LogP contribution in [-0.2, 0) is 4.79 Å². The molecule has 3 nitrogen and oxygen atoms in total. The minimum Gasteiger partial charge on any atom is -0.300 e. The maximum atomic E-state index is 13.2. The number of thioether (sulfide) groups is 1. The van der Waals surface area contributed by atoms with Crippen LogP contribution in [0.3, 0.4) is 0 Å². The number of rotatable bonds is 2. The summed E-state index contributed by atoms with van der Waals surface area (Å²) >= 11 is 4.64. The Morgan fingerprint density at radius 3 is 2.77 bits per heavy atom. The van der Waals surface area contributed by atoms with Crippen LogP contribution < -0.4 is 5.32 Å². The number of amidine groups is 1. The summed E-state index contributed by atoms with van der Waals surface area (Å²) in [6, 6.07) is 13.6. The fraction of sp³-hybridized carbons (Fsp3) is 0. The summed E-state index contributed by atoms with van der Waals surface area (Å²) in [6.07, 6.45) is 1.64. The molecule has 1 fully saturated rings. The van der Waals surface area contributed by atoms with Gasteiger partial charge in [-0.05, 0) is 63.6 Å². The van der Waals surface area contributed by atoms with Crippen molar-refractivity contribution in [2.45, 2.75) is 0 Å². The van der Waals surface area contributed by atoms with Crippen LogP contribution in [-0.4, -0.2) is 11.1 Å². The van der Waals surface area contributed by atoms with Gasteiger partial charge in [0.25, 0.3) is 5.91 Å². The van der Waals surface area contributed by atoms with E-state index in [-0.39, 0.29) is 11.7 Å². The Morgan fingerprint density at radius 1 is 1.18 bits per heavy atom. The zero-order valence-corrected chi connectivity index (χ0v) is 13.6. The van der Waals surface area contributed by atoms with Gasteiger partial charge in [0.1, 0.15) is 5.82 Å². The third kappa shape index (κ3) is 3.45. The number of amides is 1. The molecule has 1 saturated heterocycles. The van der Waals surface area contributed by atoms with E-state index in [2.05, 4.69) is 26.2 Å². The number of carbonyl (C=O) groups is 1. The first-order chi connectivity index (χ1) is 10.6. The molecular formula is C16H10BrFN2OS. The van der Waals surface area contributed by atoms with E-state index < -0.39 is 0 Å². The van der Waals surface area contributed by atoms with Crippen molar-refractivity contribution in [3.63, 3.8) is 0 Å². The summed E-state index contributed by atoms with van der Waals surface area (Å²) in [5.41, 5.74) is 1.37. The molecule has 0 atom stereocenters. The van der Waals surface area contributed by atoms with E-state index in [1.54, 1.807) is 18.2 Å². The van der Waals surface area contributed by atoms with Gasteiger partial charge in [-0.1, -0.05) is 24.3 Å². The summed E-state index contributed by atoms with van der Waals surface area (Å²) in [5.74, 6) is -0.570. The minimum absolute atomic E-state index is 0.236. The molecule has 0 bridgehead atoms. The first kappa shape index (κ1) is 15.0. The van der Waals surface area contributed by atoms with Gasteiger partial charge in [0.05, 0.1) is 10.6 Å². The zero-order valence-electron chi connectivity index (χ0n) is 11.2. The maximum Gasteiger partial charge on any atom is 0.264 e. The summed E-state index contributed by atoms with van der Waals surface area (Å²) in [7, 11) is 0. The second-order valence-corrected chi connectivity index (χ2v) is 6.37. The van der Waals surface area contributed by atoms with E-state index in [0.29, 0.717) is 15.6 Å². The lowest BCUT2D eigenvalue weighted by molar-refractivity contribution is -0.115. The van der Waals surface area contributed by atoms with E-state index >= 15 is 0 Å². The van der Waals surface area contributed by atoms with Gasteiger partial charge >= 0.3 is 0 Å². The molecule has 6 heteroatoms. The molecule has 0 unspecified atom stereocenters. The van der Waals surface area contributed by atoms with Gasteiger partial charge in [-0.25, -0.2) is 9.38 Å². The first-order valence-electron chi connectivity index (χ1n) is 6.41. The van der Waals surface area contributed by atoms with Crippen LogP contribution in [0.15, 0.2) is 62.9 Å². The van der Waals surface area contributed by atoms with E-state index in [4.69, 9.17) is 0 Å². The molecular weight excluding hydrogens is 367 g/mol. The topological polar surface area (TPSA) is 41.5 Å². The summed E-state index contributed by atoms with van der Waals surface area (Å²) in [5, 5.41) is 3.21. The molecule has 2 aromatic rings. The highest BCUT2D eigenvalue weighted by Gasteiger charge is 2.23. The van der Waals surface area contributed by atoms with Crippen molar-refractivity contribution in [2.75, 3.05) is 0 Å². The average molecular weight is 377 g/mol. The minimum atomic E-state index is -0.333. The molecule has 22 heavy (non-hydrogen) atoms. The van der Waals surface area contributed by atoms with Gasteiger partial charge in [0.15, 0.2) is 5.17 Å². The molecule has 1 heterocycles. The van der Waals surface area contributed by atoms with Crippen LogP contribution in [0.4, 0.5) is 10.1 Å². The number of hydrogen-bond donors (Lipinski definition) is 1. The van der Waals surface area contributed by atoms with Gasteiger partial charge in [-0.3, -0.25) is 4.79 Å².